The summed E-state index contributed by atoms with van der Waals surface area (Å²) in [6.07, 6.45) is 7.92. The molecule has 2 atom stereocenters. The molecule has 0 aliphatic carbocycles. The van der Waals surface area contributed by atoms with Gasteiger partial charge >= 0.3 is 0 Å². The lowest BCUT2D eigenvalue weighted by Crippen LogP contribution is -2.49. The molecule has 0 aromatic heterocycles. The SMILES string of the molecule is c1cc2c(cc1CN1CCCCC1C1CCCN1)CCO2. The standard InChI is InChI=1S/C18H26N2O/c1-2-10-20(17(5-1)16-4-3-9-19-16)13-14-6-7-18-15(12-14)8-11-21-18/h6-7,12,16-17,19H,1-5,8-11,13H2. The molecule has 1 aromatic rings. The Kier molecular flexibility index (Phi) is 3.87. The highest BCUT2D eigenvalue weighted by Crippen LogP contribution is 2.29. The number of likely N-dealkylation sites (tertiary alicyclic amines) is 1. The van der Waals surface area contributed by atoms with Crippen LogP contribution < -0.4 is 10.1 Å². The van der Waals surface area contributed by atoms with Crippen LogP contribution in [0.25, 0.3) is 0 Å². The second kappa shape index (κ2) is 5.98. The highest BCUT2D eigenvalue weighted by atomic mass is 16.5. The number of fused-ring (bicyclic) bond motifs is 1. The van der Waals surface area contributed by atoms with Crippen LogP contribution in [0.3, 0.4) is 0 Å². The van der Waals surface area contributed by atoms with Crippen LogP contribution in [0.5, 0.6) is 5.75 Å². The quantitative estimate of drug-likeness (QED) is 0.924. The maximum Gasteiger partial charge on any atom is 0.122 e. The molecule has 0 amide bonds. The van der Waals surface area contributed by atoms with Crippen LogP contribution in [-0.2, 0) is 13.0 Å². The number of hydrogen-bond acceptors (Lipinski definition) is 3. The number of benzene rings is 1. The fraction of sp³-hybridized carbons (Fsp3) is 0.667. The molecule has 4 rings (SSSR count). The van der Waals surface area contributed by atoms with Crippen molar-refractivity contribution in [3.8, 4) is 5.75 Å². The van der Waals surface area contributed by atoms with Crippen molar-refractivity contribution in [3.63, 3.8) is 0 Å². The Bertz CT molecular complexity index is 496. The molecule has 21 heavy (non-hydrogen) atoms. The molecule has 3 nitrogen and oxygen atoms in total. The normalized spacial score (nSPS) is 29.3. The van der Waals surface area contributed by atoms with E-state index in [9.17, 15) is 0 Å². The smallest absolute Gasteiger partial charge is 0.122 e. The molecule has 3 heteroatoms. The molecule has 2 unspecified atom stereocenters. The van der Waals surface area contributed by atoms with E-state index < -0.39 is 0 Å². The van der Waals surface area contributed by atoms with Crippen LogP contribution in [-0.4, -0.2) is 36.7 Å². The first kappa shape index (κ1) is 13.6. The van der Waals surface area contributed by atoms with Crippen LogP contribution in [0.2, 0.25) is 0 Å². The third-order valence-corrected chi connectivity index (χ3v) is 5.37. The fourth-order valence-electron chi connectivity index (χ4n) is 4.28. The van der Waals surface area contributed by atoms with Crippen molar-refractivity contribution >= 4 is 0 Å². The van der Waals surface area contributed by atoms with Crippen molar-refractivity contribution in [2.45, 2.75) is 57.2 Å². The van der Waals surface area contributed by atoms with Crippen molar-refractivity contribution in [3.05, 3.63) is 29.3 Å². The Labute approximate surface area is 127 Å². The topological polar surface area (TPSA) is 24.5 Å². The molecule has 1 N–H and O–H groups in total. The number of nitrogens with zero attached hydrogens (tertiary/aromatic N) is 1. The molecule has 3 aliphatic rings. The van der Waals surface area contributed by atoms with Gasteiger partial charge in [0.2, 0.25) is 0 Å². The molecule has 114 valence electrons. The maximum absolute atomic E-state index is 5.62. The van der Waals surface area contributed by atoms with Gasteiger partial charge in [-0.1, -0.05) is 18.6 Å². The van der Waals surface area contributed by atoms with Gasteiger partial charge in [0, 0.05) is 25.0 Å². The summed E-state index contributed by atoms with van der Waals surface area (Å²) < 4.78 is 5.62. The van der Waals surface area contributed by atoms with E-state index >= 15 is 0 Å². The molecule has 0 spiro atoms. The number of hydrogen-bond donors (Lipinski definition) is 1. The highest BCUT2D eigenvalue weighted by Gasteiger charge is 2.31. The van der Waals surface area contributed by atoms with Crippen molar-refractivity contribution in [2.75, 3.05) is 19.7 Å². The number of rotatable bonds is 3. The largest absolute Gasteiger partial charge is 0.493 e. The van der Waals surface area contributed by atoms with E-state index in [2.05, 4.69) is 28.4 Å². The van der Waals surface area contributed by atoms with Gasteiger partial charge in [0.05, 0.1) is 6.61 Å². The van der Waals surface area contributed by atoms with Gasteiger partial charge in [0.1, 0.15) is 5.75 Å². The molecule has 0 radical (unpaired) electrons. The molecule has 0 saturated carbocycles. The van der Waals surface area contributed by atoms with E-state index in [1.54, 1.807) is 0 Å². The highest BCUT2D eigenvalue weighted by molar-refractivity contribution is 5.39. The van der Waals surface area contributed by atoms with Crippen molar-refractivity contribution in [2.24, 2.45) is 0 Å². The summed E-state index contributed by atoms with van der Waals surface area (Å²) >= 11 is 0. The lowest BCUT2D eigenvalue weighted by Gasteiger charge is -2.39. The molecular formula is C18H26N2O. The molecule has 3 heterocycles. The van der Waals surface area contributed by atoms with Gasteiger partial charge in [-0.05, 0) is 56.0 Å². The Morgan fingerprint density at radius 1 is 1.19 bits per heavy atom. The lowest BCUT2D eigenvalue weighted by atomic mass is 9.94. The Morgan fingerprint density at radius 2 is 2.19 bits per heavy atom. The summed E-state index contributed by atoms with van der Waals surface area (Å²) in [6.45, 7) is 4.44. The van der Waals surface area contributed by atoms with E-state index in [0.717, 1.165) is 37.4 Å². The first-order chi connectivity index (χ1) is 10.4. The second-order valence-corrected chi connectivity index (χ2v) is 6.78. The van der Waals surface area contributed by atoms with Crippen LogP contribution in [0.15, 0.2) is 18.2 Å². The average molecular weight is 286 g/mol. The fourth-order valence-corrected chi connectivity index (χ4v) is 4.28. The van der Waals surface area contributed by atoms with E-state index in [1.165, 1.54) is 56.3 Å². The van der Waals surface area contributed by atoms with E-state index in [4.69, 9.17) is 4.74 Å². The summed E-state index contributed by atoms with van der Waals surface area (Å²) in [5, 5.41) is 3.72. The van der Waals surface area contributed by atoms with Gasteiger partial charge in [-0.3, -0.25) is 4.90 Å². The van der Waals surface area contributed by atoms with Gasteiger partial charge in [-0.25, -0.2) is 0 Å². The monoisotopic (exact) mass is 286 g/mol. The minimum Gasteiger partial charge on any atom is -0.493 e. The summed E-state index contributed by atoms with van der Waals surface area (Å²) in [5.74, 6) is 1.10. The summed E-state index contributed by atoms with van der Waals surface area (Å²) in [4.78, 5) is 2.73. The lowest BCUT2D eigenvalue weighted by molar-refractivity contribution is 0.112. The molecule has 0 bridgehead atoms. The van der Waals surface area contributed by atoms with Gasteiger partial charge in [0.15, 0.2) is 0 Å². The Hall–Kier alpha value is -1.06. The van der Waals surface area contributed by atoms with Gasteiger partial charge in [-0.2, -0.15) is 0 Å². The third-order valence-electron chi connectivity index (χ3n) is 5.37. The van der Waals surface area contributed by atoms with Crippen LogP contribution in [0.1, 0.15) is 43.2 Å². The molecule has 2 fully saturated rings. The van der Waals surface area contributed by atoms with Crippen molar-refractivity contribution < 1.29 is 4.74 Å². The predicted octanol–water partition coefficient (Wildman–Crippen LogP) is 2.73. The number of ether oxygens (including phenoxy) is 1. The van der Waals surface area contributed by atoms with Crippen LogP contribution in [0, 0.1) is 0 Å². The van der Waals surface area contributed by atoms with E-state index in [0.29, 0.717) is 0 Å². The molecule has 3 aliphatic heterocycles. The average Bonchev–Trinajstić information content (AvgIpc) is 3.19. The van der Waals surface area contributed by atoms with Gasteiger partial charge in [-0.15, -0.1) is 0 Å². The Balaban J connectivity index is 1.48. The summed E-state index contributed by atoms with van der Waals surface area (Å²) in [6, 6.07) is 8.27. The predicted molar refractivity (Wildman–Crippen MR) is 84.7 cm³/mol. The minimum atomic E-state index is 0.725. The van der Waals surface area contributed by atoms with Crippen LogP contribution >= 0.6 is 0 Å². The first-order valence-corrected chi connectivity index (χ1v) is 8.62. The summed E-state index contributed by atoms with van der Waals surface area (Å²) in [7, 11) is 0. The maximum atomic E-state index is 5.62. The summed E-state index contributed by atoms with van der Waals surface area (Å²) in [5.41, 5.74) is 2.86. The molecule has 2 saturated heterocycles. The third kappa shape index (κ3) is 2.82. The van der Waals surface area contributed by atoms with Crippen molar-refractivity contribution in [1.82, 2.24) is 10.2 Å². The number of piperidine rings is 1. The van der Waals surface area contributed by atoms with Crippen LogP contribution in [0.4, 0.5) is 0 Å². The minimum absolute atomic E-state index is 0.725. The van der Waals surface area contributed by atoms with E-state index in [1.807, 2.05) is 0 Å². The molecule has 1 aromatic carbocycles. The zero-order chi connectivity index (χ0) is 14.1. The van der Waals surface area contributed by atoms with E-state index in [-0.39, 0.29) is 0 Å². The second-order valence-electron chi connectivity index (χ2n) is 6.78. The van der Waals surface area contributed by atoms with Crippen molar-refractivity contribution in [1.29, 1.82) is 0 Å². The molecular weight excluding hydrogens is 260 g/mol. The number of nitrogens with one attached hydrogen (secondary N) is 1. The zero-order valence-electron chi connectivity index (χ0n) is 12.8. The van der Waals surface area contributed by atoms with Gasteiger partial charge < -0.3 is 10.1 Å². The first-order valence-electron chi connectivity index (χ1n) is 8.62. The Morgan fingerprint density at radius 3 is 3.10 bits per heavy atom. The van der Waals surface area contributed by atoms with Gasteiger partial charge in [0.25, 0.3) is 0 Å². The zero-order valence-corrected chi connectivity index (χ0v) is 12.8.